The number of pyridine rings is 1. The number of anilines is 1. The number of aromatic nitrogens is 3. The molecule has 4 rings (SSSR count). The van der Waals surface area contributed by atoms with Gasteiger partial charge in [-0.25, -0.2) is 9.78 Å². The van der Waals surface area contributed by atoms with Crippen LogP contribution < -0.4 is 5.32 Å². The highest BCUT2D eigenvalue weighted by atomic mass is 16.2. The Morgan fingerprint density at radius 2 is 2.13 bits per heavy atom. The van der Waals surface area contributed by atoms with Crippen LogP contribution in [-0.2, 0) is 7.05 Å². The van der Waals surface area contributed by atoms with E-state index < -0.39 is 0 Å². The lowest BCUT2D eigenvalue weighted by Gasteiger charge is -2.29. The topological polar surface area (TPSA) is 63.1 Å². The Morgan fingerprint density at radius 1 is 1.39 bits per heavy atom. The van der Waals surface area contributed by atoms with E-state index in [1.807, 2.05) is 20.0 Å². The molecule has 2 fully saturated rings. The van der Waals surface area contributed by atoms with Gasteiger partial charge in [0.1, 0.15) is 0 Å². The Balaban J connectivity index is 1.56. The molecule has 0 spiro atoms. The van der Waals surface area contributed by atoms with Crippen molar-refractivity contribution in [2.75, 3.05) is 5.32 Å². The Hall–Kier alpha value is -2.11. The van der Waals surface area contributed by atoms with Gasteiger partial charge in [0.2, 0.25) is 0 Å². The molecule has 1 atom stereocenters. The fraction of sp³-hybridized carbons (Fsp3) is 0.588. The van der Waals surface area contributed by atoms with Crippen molar-refractivity contribution in [1.29, 1.82) is 0 Å². The van der Waals surface area contributed by atoms with Gasteiger partial charge in [-0.3, -0.25) is 4.68 Å². The first-order chi connectivity index (χ1) is 11.0. The van der Waals surface area contributed by atoms with Crippen molar-refractivity contribution in [3.8, 4) is 0 Å². The minimum absolute atomic E-state index is 0.00888. The molecule has 0 saturated heterocycles. The summed E-state index contributed by atoms with van der Waals surface area (Å²) in [6.07, 6.45) is 6.47. The molecule has 6 nitrogen and oxygen atoms in total. The van der Waals surface area contributed by atoms with E-state index in [0.29, 0.717) is 18.0 Å². The standard InChI is InChI=1S/C17H23N5O/c1-10-15-8-13(9-18-16(15)21(3)20-10)19-17(23)22(14-6-7-14)11(2)12-4-5-12/h8-9,11-12,14H,4-7H2,1-3H3,(H,19,23)/t11-/m1/s1. The molecule has 6 heteroatoms. The van der Waals surface area contributed by atoms with Crippen molar-refractivity contribution in [1.82, 2.24) is 19.7 Å². The predicted octanol–water partition coefficient (Wildman–Crippen LogP) is 3.07. The molecule has 0 aliphatic heterocycles. The number of rotatable bonds is 4. The van der Waals surface area contributed by atoms with Gasteiger partial charge in [-0.1, -0.05) is 0 Å². The highest BCUT2D eigenvalue weighted by Crippen LogP contribution is 2.40. The van der Waals surface area contributed by atoms with Crippen molar-refractivity contribution >= 4 is 22.8 Å². The second kappa shape index (κ2) is 5.22. The minimum Gasteiger partial charge on any atom is -0.319 e. The zero-order valence-corrected chi connectivity index (χ0v) is 13.9. The largest absolute Gasteiger partial charge is 0.322 e. The van der Waals surface area contributed by atoms with Crippen molar-refractivity contribution in [2.45, 2.75) is 51.6 Å². The zero-order valence-electron chi connectivity index (χ0n) is 13.9. The van der Waals surface area contributed by atoms with Crippen LogP contribution >= 0.6 is 0 Å². The van der Waals surface area contributed by atoms with Gasteiger partial charge in [0.25, 0.3) is 0 Å². The van der Waals surface area contributed by atoms with Crippen molar-refractivity contribution in [3.05, 3.63) is 18.0 Å². The molecule has 2 heterocycles. The van der Waals surface area contributed by atoms with Gasteiger partial charge in [-0.15, -0.1) is 0 Å². The number of hydrogen-bond acceptors (Lipinski definition) is 3. The highest BCUT2D eigenvalue weighted by Gasteiger charge is 2.41. The smallest absolute Gasteiger partial charge is 0.319 e. The molecule has 1 N–H and O–H groups in total. The van der Waals surface area contributed by atoms with E-state index in [1.165, 1.54) is 12.8 Å². The summed E-state index contributed by atoms with van der Waals surface area (Å²) < 4.78 is 1.77. The average Bonchev–Trinajstić information content (AvgIpc) is 3.40. The van der Waals surface area contributed by atoms with Gasteiger partial charge in [0, 0.05) is 24.5 Å². The molecular weight excluding hydrogens is 290 g/mol. The predicted molar refractivity (Wildman–Crippen MR) is 89.3 cm³/mol. The summed E-state index contributed by atoms with van der Waals surface area (Å²) in [5, 5.41) is 8.40. The number of aryl methyl sites for hydroxylation is 2. The van der Waals surface area contributed by atoms with Crippen LogP contribution in [0.25, 0.3) is 11.0 Å². The average molecular weight is 313 g/mol. The minimum atomic E-state index is 0.00888. The summed E-state index contributed by atoms with van der Waals surface area (Å²) in [6.45, 7) is 4.14. The molecule has 2 saturated carbocycles. The Morgan fingerprint density at radius 3 is 2.78 bits per heavy atom. The quantitative estimate of drug-likeness (QED) is 0.943. The lowest BCUT2D eigenvalue weighted by Crippen LogP contribution is -2.44. The normalized spacial score (nSPS) is 18.9. The molecular formula is C17H23N5O. The van der Waals surface area contributed by atoms with Crippen LogP contribution in [0.3, 0.4) is 0 Å². The van der Waals surface area contributed by atoms with E-state index in [9.17, 15) is 4.79 Å². The second-order valence-electron chi connectivity index (χ2n) is 6.95. The number of carbonyl (C=O) groups excluding carboxylic acids is 1. The molecule has 0 unspecified atom stereocenters. The number of carbonyl (C=O) groups is 1. The summed E-state index contributed by atoms with van der Waals surface area (Å²) in [5.74, 6) is 0.683. The maximum absolute atomic E-state index is 12.8. The van der Waals surface area contributed by atoms with E-state index in [0.717, 1.165) is 35.3 Å². The number of urea groups is 1. The van der Waals surface area contributed by atoms with Crippen LogP contribution in [0.4, 0.5) is 10.5 Å². The summed E-state index contributed by atoms with van der Waals surface area (Å²) in [6, 6.07) is 2.73. The first kappa shape index (κ1) is 14.5. The summed E-state index contributed by atoms with van der Waals surface area (Å²) in [4.78, 5) is 19.2. The Labute approximate surface area is 135 Å². The molecule has 0 aromatic carbocycles. The number of nitrogens with one attached hydrogen (secondary N) is 1. The van der Waals surface area contributed by atoms with Crippen LogP contribution in [0.5, 0.6) is 0 Å². The van der Waals surface area contributed by atoms with E-state index in [4.69, 9.17) is 0 Å². The van der Waals surface area contributed by atoms with Crippen molar-refractivity contribution in [3.63, 3.8) is 0 Å². The Kier molecular flexibility index (Phi) is 3.28. The van der Waals surface area contributed by atoms with Crippen LogP contribution in [-0.4, -0.2) is 37.8 Å². The van der Waals surface area contributed by atoms with E-state index in [2.05, 4.69) is 27.2 Å². The van der Waals surface area contributed by atoms with Crippen LogP contribution in [0.15, 0.2) is 12.3 Å². The summed E-state index contributed by atoms with van der Waals surface area (Å²) >= 11 is 0. The summed E-state index contributed by atoms with van der Waals surface area (Å²) in [5.41, 5.74) is 2.51. The van der Waals surface area contributed by atoms with E-state index in [1.54, 1.807) is 10.9 Å². The zero-order chi connectivity index (χ0) is 16.1. The molecule has 2 aromatic rings. The van der Waals surface area contributed by atoms with Gasteiger partial charge in [0.05, 0.1) is 17.6 Å². The third-order valence-corrected chi connectivity index (χ3v) is 5.03. The van der Waals surface area contributed by atoms with Gasteiger partial charge in [-0.05, 0) is 51.5 Å². The van der Waals surface area contributed by atoms with Crippen LogP contribution in [0.2, 0.25) is 0 Å². The molecule has 122 valence electrons. The SMILES string of the molecule is Cc1nn(C)c2ncc(NC(=O)N(C3CC3)[C@H](C)C3CC3)cc12. The Bertz CT molecular complexity index is 760. The van der Waals surface area contributed by atoms with Gasteiger partial charge in [0.15, 0.2) is 5.65 Å². The first-order valence-corrected chi connectivity index (χ1v) is 8.43. The molecule has 2 aromatic heterocycles. The monoisotopic (exact) mass is 313 g/mol. The van der Waals surface area contributed by atoms with Crippen LogP contribution in [0.1, 0.15) is 38.3 Å². The number of hydrogen-bond donors (Lipinski definition) is 1. The summed E-state index contributed by atoms with van der Waals surface area (Å²) in [7, 11) is 1.88. The fourth-order valence-corrected chi connectivity index (χ4v) is 3.41. The molecule has 2 amide bonds. The lowest BCUT2D eigenvalue weighted by molar-refractivity contribution is 0.180. The maximum Gasteiger partial charge on any atom is 0.322 e. The van der Waals surface area contributed by atoms with Crippen molar-refractivity contribution in [2.24, 2.45) is 13.0 Å². The lowest BCUT2D eigenvalue weighted by atomic mass is 10.2. The molecule has 2 aliphatic carbocycles. The van der Waals surface area contributed by atoms with Crippen molar-refractivity contribution < 1.29 is 4.79 Å². The highest BCUT2D eigenvalue weighted by molar-refractivity contribution is 5.92. The molecule has 0 bridgehead atoms. The number of fused-ring (bicyclic) bond motifs is 1. The molecule has 2 aliphatic rings. The van der Waals surface area contributed by atoms with Gasteiger partial charge in [-0.2, -0.15) is 5.10 Å². The third kappa shape index (κ3) is 2.66. The second-order valence-corrected chi connectivity index (χ2v) is 6.95. The van der Waals surface area contributed by atoms with Gasteiger partial charge >= 0.3 is 6.03 Å². The van der Waals surface area contributed by atoms with Crippen LogP contribution in [0, 0.1) is 12.8 Å². The molecule has 23 heavy (non-hydrogen) atoms. The van der Waals surface area contributed by atoms with E-state index in [-0.39, 0.29) is 6.03 Å². The number of amides is 2. The maximum atomic E-state index is 12.8. The number of nitrogens with zero attached hydrogens (tertiary/aromatic N) is 4. The van der Waals surface area contributed by atoms with Gasteiger partial charge < -0.3 is 10.2 Å². The van der Waals surface area contributed by atoms with E-state index >= 15 is 0 Å². The first-order valence-electron chi connectivity index (χ1n) is 8.43. The third-order valence-electron chi connectivity index (χ3n) is 5.03. The molecule has 0 radical (unpaired) electrons. The fourth-order valence-electron chi connectivity index (χ4n) is 3.41.